The molecule has 2 heterocycles. The van der Waals surface area contributed by atoms with Gasteiger partial charge in [0.25, 0.3) is 0 Å². The van der Waals surface area contributed by atoms with Crippen LogP contribution in [0.5, 0.6) is 0 Å². The van der Waals surface area contributed by atoms with Crippen LogP contribution in [-0.2, 0) is 4.79 Å². The molecule has 23 heavy (non-hydrogen) atoms. The fourth-order valence-corrected chi connectivity index (χ4v) is 4.19. The first kappa shape index (κ1) is 16.5. The first-order valence-electron chi connectivity index (χ1n) is 7.96. The number of likely N-dealkylation sites (tertiary alicyclic amines) is 1. The molecule has 0 radical (unpaired) electrons. The van der Waals surface area contributed by atoms with E-state index >= 15 is 0 Å². The van der Waals surface area contributed by atoms with Gasteiger partial charge < -0.3 is 5.32 Å². The van der Waals surface area contributed by atoms with Crippen molar-refractivity contribution in [2.24, 2.45) is 0 Å². The second-order valence-electron chi connectivity index (χ2n) is 5.95. The van der Waals surface area contributed by atoms with Crippen molar-refractivity contribution in [3.8, 4) is 0 Å². The summed E-state index contributed by atoms with van der Waals surface area (Å²) >= 11 is 8.00. The van der Waals surface area contributed by atoms with Gasteiger partial charge in [0, 0.05) is 15.9 Å². The fourth-order valence-electron chi connectivity index (χ4n) is 3.19. The number of rotatable bonds is 5. The quantitative estimate of drug-likeness (QED) is 0.867. The molecule has 2 aromatic rings. The summed E-state index contributed by atoms with van der Waals surface area (Å²) in [6, 6.07) is 12.3. The average Bonchev–Trinajstić information content (AvgIpc) is 3.19. The maximum Gasteiger partial charge on any atom is 0.234 e. The van der Waals surface area contributed by atoms with E-state index in [1.54, 1.807) is 11.3 Å². The summed E-state index contributed by atoms with van der Waals surface area (Å²) in [5, 5.41) is 5.91. The summed E-state index contributed by atoms with van der Waals surface area (Å²) in [5.74, 6) is 0.0739. The monoisotopic (exact) mass is 348 g/mol. The number of nitrogens with one attached hydrogen (secondary N) is 1. The van der Waals surface area contributed by atoms with E-state index in [1.807, 2.05) is 36.6 Å². The number of nitrogens with zero attached hydrogens (tertiary/aromatic N) is 1. The summed E-state index contributed by atoms with van der Waals surface area (Å²) < 4.78 is 0. The summed E-state index contributed by atoms with van der Waals surface area (Å²) in [6.45, 7) is 3.39. The van der Waals surface area contributed by atoms with Gasteiger partial charge in [0.1, 0.15) is 0 Å². The van der Waals surface area contributed by atoms with Gasteiger partial charge in [0.2, 0.25) is 5.91 Å². The van der Waals surface area contributed by atoms with Gasteiger partial charge in [0.15, 0.2) is 0 Å². The van der Waals surface area contributed by atoms with Crippen LogP contribution in [0.15, 0.2) is 41.8 Å². The molecule has 1 aliphatic rings. The highest BCUT2D eigenvalue weighted by molar-refractivity contribution is 7.10. The lowest BCUT2D eigenvalue weighted by atomic mass is 10.0. The lowest BCUT2D eigenvalue weighted by Crippen LogP contribution is -2.37. The number of thiophene rings is 1. The van der Waals surface area contributed by atoms with Gasteiger partial charge in [-0.2, -0.15) is 0 Å². The van der Waals surface area contributed by atoms with Gasteiger partial charge in [-0.25, -0.2) is 0 Å². The summed E-state index contributed by atoms with van der Waals surface area (Å²) in [6.07, 6.45) is 2.15. The Kier molecular flexibility index (Phi) is 5.36. The minimum Gasteiger partial charge on any atom is -0.348 e. The van der Waals surface area contributed by atoms with Crippen LogP contribution in [0.1, 0.15) is 42.3 Å². The molecular formula is C18H21ClN2OS. The molecule has 2 atom stereocenters. The Morgan fingerprint density at radius 1 is 1.39 bits per heavy atom. The molecule has 3 rings (SSSR count). The summed E-state index contributed by atoms with van der Waals surface area (Å²) in [4.78, 5) is 15.8. The zero-order valence-corrected chi connectivity index (χ0v) is 14.7. The molecule has 0 spiro atoms. The summed E-state index contributed by atoms with van der Waals surface area (Å²) in [5.41, 5.74) is 1.13. The molecule has 1 saturated heterocycles. The average molecular weight is 349 g/mol. The predicted molar refractivity (Wildman–Crippen MR) is 95.9 cm³/mol. The number of amides is 1. The van der Waals surface area contributed by atoms with E-state index in [0.717, 1.165) is 30.0 Å². The zero-order chi connectivity index (χ0) is 16.2. The summed E-state index contributed by atoms with van der Waals surface area (Å²) in [7, 11) is 0. The molecule has 0 bridgehead atoms. The third kappa shape index (κ3) is 3.94. The van der Waals surface area contributed by atoms with Crippen molar-refractivity contribution < 1.29 is 4.79 Å². The van der Waals surface area contributed by atoms with Gasteiger partial charge in [-0.3, -0.25) is 9.69 Å². The lowest BCUT2D eigenvalue weighted by Gasteiger charge is -2.25. The number of carbonyl (C=O) groups is 1. The molecule has 3 nitrogen and oxygen atoms in total. The smallest absolute Gasteiger partial charge is 0.234 e. The van der Waals surface area contributed by atoms with Crippen molar-refractivity contribution in [2.45, 2.75) is 31.8 Å². The molecule has 1 amide bonds. The van der Waals surface area contributed by atoms with E-state index in [2.05, 4.69) is 22.3 Å². The van der Waals surface area contributed by atoms with Crippen LogP contribution in [0.2, 0.25) is 5.02 Å². The van der Waals surface area contributed by atoms with Gasteiger partial charge in [-0.05, 0) is 49.4 Å². The Morgan fingerprint density at radius 3 is 2.96 bits per heavy atom. The topological polar surface area (TPSA) is 32.3 Å². The van der Waals surface area contributed by atoms with Crippen molar-refractivity contribution in [3.05, 3.63) is 57.2 Å². The Labute approximate surface area is 146 Å². The minimum atomic E-state index is 0.0591. The van der Waals surface area contributed by atoms with E-state index in [1.165, 1.54) is 4.88 Å². The van der Waals surface area contributed by atoms with E-state index in [0.29, 0.717) is 6.54 Å². The number of carbonyl (C=O) groups excluding carboxylic acids is 1. The van der Waals surface area contributed by atoms with Crippen LogP contribution in [-0.4, -0.2) is 23.9 Å². The van der Waals surface area contributed by atoms with Crippen LogP contribution in [0.4, 0.5) is 0 Å². The van der Waals surface area contributed by atoms with Crippen molar-refractivity contribution in [1.82, 2.24) is 10.2 Å². The highest BCUT2D eigenvalue weighted by atomic mass is 35.5. The minimum absolute atomic E-state index is 0.0591. The Bertz CT molecular complexity index is 659. The van der Waals surface area contributed by atoms with Crippen LogP contribution < -0.4 is 5.32 Å². The second kappa shape index (κ2) is 7.47. The molecule has 122 valence electrons. The molecule has 1 N–H and O–H groups in total. The van der Waals surface area contributed by atoms with E-state index in [4.69, 9.17) is 11.6 Å². The largest absolute Gasteiger partial charge is 0.348 e. The number of benzene rings is 1. The molecule has 1 aliphatic heterocycles. The van der Waals surface area contributed by atoms with Crippen molar-refractivity contribution >= 4 is 28.8 Å². The number of hydrogen-bond acceptors (Lipinski definition) is 3. The normalized spacial score (nSPS) is 19.7. The van der Waals surface area contributed by atoms with Crippen LogP contribution in [0.3, 0.4) is 0 Å². The molecule has 2 unspecified atom stereocenters. The van der Waals surface area contributed by atoms with Crippen molar-refractivity contribution in [1.29, 1.82) is 0 Å². The molecule has 1 fully saturated rings. The fraction of sp³-hybridized carbons (Fsp3) is 0.389. The molecular weight excluding hydrogens is 328 g/mol. The van der Waals surface area contributed by atoms with Gasteiger partial charge >= 0.3 is 0 Å². The SMILES string of the molecule is CC(NC(=O)CN1CCCC1c1ccccc1Cl)c1cccs1. The van der Waals surface area contributed by atoms with Crippen molar-refractivity contribution in [3.63, 3.8) is 0 Å². The standard InChI is InChI=1S/C18H21ClN2OS/c1-13(17-9-5-11-23-17)20-18(22)12-21-10-4-8-16(21)14-6-2-3-7-15(14)19/h2-3,5-7,9,11,13,16H,4,8,10,12H2,1H3,(H,20,22). The van der Waals surface area contributed by atoms with Gasteiger partial charge in [-0.1, -0.05) is 35.9 Å². The van der Waals surface area contributed by atoms with Crippen LogP contribution in [0.25, 0.3) is 0 Å². The lowest BCUT2D eigenvalue weighted by molar-refractivity contribution is -0.123. The maximum absolute atomic E-state index is 12.4. The predicted octanol–water partition coefficient (Wildman–Crippen LogP) is 4.42. The van der Waals surface area contributed by atoms with Crippen LogP contribution >= 0.6 is 22.9 Å². The Hall–Kier alpha value is -1.36. The van der Waals surface area contributed by atoms with E-state index < -0.39 is 0 Å². The molecule has 1 aromatic heterocycles. The highest BCUT2D eigenvalue weighted by Crippen LogP contribution is 2.35. The molecule has 0 saturated carbocycles. The zero-order valence-electron chi connectivity index (χ0n) is 13.2. The van der Waals surface area contributed by atoms with Gasteiger partial charge in [0.05, 0.1) is 12.6 Å². The molecule has 1 aromatic carbocycles. The Balaban J connectivity index is 1.62. The number of halogens is 1. The molecule has 5 heteroatoms. The maximum atomic E-state index is 12.4. The third-order valence-electron chi connectivity index (χ3n) is 4.32. The Morgan fingerprint density at radius 2 is 2.22 bits per heavy atom. The first-order chi connectivity index (χ1) is 11.1. The second-order valence-corrected chi connectivity index (χ2v) is 7.34. The van der Waals surface area contributed by atoms with Crippen LogP contribution in [0, 0.1) is 0 Å². The van der Waals surface area contributed by atoms with E-state index in [-0.39, 0.29) is 18.0 Å². The van der Waals surface area contributed by atoms with Crippen molar-refractivity contribution in [2.75, 3.05) is 13.1 Å². The molecule has 0 aliphatic carbocycles. The number of hydrogen-bond donors (Lipinski definition) is 1. The highest BCUT2D eigenvalue weighted by Gasteiger charge is 2.29. The first-order valence-corrected chi connectivity index (χ1v) is 9.22. The van der Waals surface area contributed by atoms with Gasteiger partial charge in [-0.15, -0.1) is 11.3 Å². The van der Waals surface area contributed by atoms with E-state index in [9.17, 15) is 4.79 Å². The third-order valence-corrected chi connectivity index (χ3v) is 5.72.